The number of carbonyl (C=O) groups excluding carboxylic acids is 1. The van der Waals surface area contributed by atoms with Gasteiger partial charge in [0.1, 0.15) is 10.7 Å². The first kappa shape index (κ1) is 16.5. The zero-order valence-electron chi connectivity index (χ0n) is 13.5. The molecule has 130 valence electrons. The van der Waals surface area contributed by atoms with Gasteiger partial charge in [0.05, 0.1) is 5.69 Å². The number of rotatable bonds is 3. The highest BCUT2D eigenvalue weighted by Crippen LogP contribution is 2.49. The zero-order chi connectivity index (χ0) is 18.3. The molecule has 0 fully saturated rings. The fourth-order valence-corrected chi connectivity index (χ4v) is 4.56. The van der Waals surface area contributed by atoms with Crippen LogP contribution in [0.25, 0.3) is 11.1 Å². The molecule has 26 heavy (non-hydrogen) atoms. The summed E-state index contributed by atoms with van der Waals surface area (Å²) in [6.07, 6.45) is 0.249. The van der Waals surface area contributed by atoms with Gasteiger partial charge in [-0.3, -0.25) is 4.79 Å². The quantitative estimate of drug-likeness (QED) is 0.703. The highest BCUT2D eigenvalue weighted by molar-refractivity contribution is 7.15. The van der Waals surface area contributed by atoms with Crippen molar-refractivity contribution in [3.63, 3.8) is 0 Å². The minimum Gasteiger partial charge on any atom is -0.477 e. The number of hydrogen-bond acceptors (Lipinski definition) is 3. The minimum atomic E-state index is -1.09. The molecule has 0 radical (unpaired) electrons. The van der Waals surface area contributed by atoms with E-state index in [0.29, 0.717) is 16.8 Å². The van der Waals surface area contributed by atoms with Crippen LogP contribution in [-0.2, 0) is 4.79 Å². The van der Waals surface area contributed by atoms with Crippen LogP contribution in [-0.4, -0.2) is 17.0 Å². The predicted octanol–water partition coefficient (Wildman–Crippen LogP) is 4.73. The Kier molecular flexibility index (Phi) is 4.05. The van der Waals surface area contributed by atoms with Crippen molar-refractivity contribution in [3.8, 4) is 11.1 Å². The Morgan fingerprint density at radius 2 is 1.92 bits per heavy atom. The summed E-state index contributed by atoms with van der Waals surface area (Å²) in [5.74, 6) is -1.95. The van der Waals surface area contributed by atoms with Crippen LogP contribution >= 0.6 is 11.3 Å². The fraction of sp³-hybridized carbons (Fsp3) is 0.100. The predicted molar refractivity (Wildman–Crippen MR) is 98.2 cm³/mol. The SMILES string of the molecule is O=C1C[C@@H](c2ccccc2)c2sc(C(=O)O)c(-c3cccc(F)c3)c2N1. The Morgan fingerprint density at radius 1 is 1.15 bits per heavy atom. The van der Waals surface area contributed by atoms with Crippen molar-refractivity contribution in [1.82, 2.24) is 0 Å². The van der Waals surface area contributed by atoms with Crippen LogP contribution in [0, 0.1) is 5.82 Å². The van der Waals surface area contributed by atoms with Crippen LogP contribution in [0.5, 0.6) is 0 Å². The van der Waals surface area contributed by atoms with Gasteiger partial charge in [-0.05, 0) is 23.3 Å². The highest BCUT2D eigenvalue weighted by atomic mass is 32.1. The third-order valence-electron chi connectivity index (χ3n) is 4.42. The molecule has 0 aliphatic carbocycles. The zero-order valence-corrected chi connectivity index (χ0v) is 14.3. The topological polar surface area (TPSA) is 66.4 Å². The van der Waals surface area contributed by atoms with Gasteiger partial charge < -0.3 is 10.4 Å². The number of carbonyl (C=O) groups is 2. The van der Waals surface area contributed by atoms with Crippen molar-refractivity contribution >= 4 is 28.9 Å². The lowest BCUT2D eigenvalue weighted by atomic mass is 9.89. The number of carboxylic acid groups (broad SMARTS) is 1. The van der Waals surface area contributed by atoms with Gasteiger partial charge >= 0.3 is 5.97 Å². The maximum atomic E-state index is 13.7. The van der Waals surface area contributed by atoms with Crippen LogP contribution in [0.1, 0.15) is 32.5 Å². The van der Waals surface area contributed by atoms with Gasteiger partial charge in [0.15, 0.2) is 0 Å². The maximum absolute atomic E-state index is 13.7. The lowest BCUT2D eigenvalue weighted by Gasteiger charge is -2.23. The number of thiophene rings is 1. The van der Waals surface area contributed by atoms with E-state index in [9.17, 15) is 19.1 Å². The number of fused-ring (bicyclic) bond motifs is 1. The summed E-state index contributed by atoms with van der Waals surface area (Å²) in [6, 6.07) is 15.3. The third kappa shape index (κ3) is 2.78. The second-order valence-corrected chi connectivity index (χ2v) is 7.13. The largest absolute Gasteiger partial charge is 0.477 e. The van der Waals surface area contributed by atoms with Gasteiger partial charge in [-0.25, -0.2) is 9.18 Å². The van der Waals surface area contributed by atoms with Crippen molar-refractivity contribution in [2.24, 2.45) is 0 Å². The summed E-state index contributed by atoms with van der Waals surface area (Å²) in [6.45, 7) is 0. The maximum Gasteiger partial charge on any atom is 0.346 e. The number of carboxylic acids is 1. The van der Waals surface area contributed by atoms with Gasteiger partial charge in [-0.2, -0.15) is 0 Å². The highest BCUT2D eigenvalue weighted by Gasteiger charge is 2.34. The monoisotopic (exact) mass is 367 g/mol. The molecule has 0 spiro atoms. The third-order valence-corrected chi connectivity index (χ3v) is 5.71. The summed E-state index contributed by atoms with van der Waals surface area (Å²) in [5, 5.41) is 12.5. The Balaban J connectivity index is 1.96. The first-order valence-electron chi connectivity index (χ1n) is 8.05. The van der Waals surface area contributed by atoms with Crippen LogP contribution in [0.4, 0.5) is 10.1 Å². The Labute approximate surface area is 152 Å². The summed E-state index contributed by atoms with van der Waals surface area (Å²) in [4.78, 5) is 25.0. The number of halogens is 1. The molecule has 1 atom stereocenters. The van der Waals surface area contributed by atoms with E-state index in [0.717, 1.165) is 21.8 Å². The van der Waals surface area contributed by atoms with Crippen molar-refractivity contribution < 1.29 is 19.1 Å². The second-order valence-electron chi connectivity index (χ2n) is 6.08. The summed E-state index contributed by atoms with van der Waals surface area (Å²) in [5.41, 5.74) is 2.23. The van der Waals surface area contributed by atoms with Gasteiger partial charge in [0.2, 0.25) is 5.91 Å². The molecule has 0 unspecified atom stereocenters. The molecule has 1 amide bonds. The summed E-state index contributed by atoms with van der Waals surface area (Å²) >= 11 is 1.14. The molecule has 3 aromatic rings. The van der Waals surface area contributed by atoms with Gasteiger partial charge in [-0.1, -0.05) is 42.5 Å². The van der Waals surface area contributed by atoms with Crippen LogP contribution in [0.2, 0.25) is 0 Å². The average molecular weight is 367 g/mol. The van der Waals surface area contributed by atoms with Gasteiger partial charge in [0, 0.05) is 22.8 Å². The Hall–Kier alpha value is -2.99. The first-order chi connectivity index (χ1) is 12.5. The molecule has 1 aliphatic rings. The first-order valence-corrected chi connectivity index (χ1v) is 8.87. The van der Waals surface area contributed by atoms with E-state index in [1.54, 1.807) is 6.07 Å². The number of amides is 1. The number of aromatic carboxylic acids is 1. The summed E-state index contributed by atoms with van der Waals surface area (Å²) in [7, 11) is 0. The lowest BCUT2D eigenvalue weighted by Crippen LogP contribution is -2.22. The number of benzene rings is 2. The van der Waals surface area contributed by atoms with Crippen molar-refractivity contribution in [1.29, 1.82) is 0 Å². The molecule has 0 saturated carbocycles. The molecule has 0 bridgehead atoms. The molecule has 2 N–H and O–H groups in total. The van der Waals surface area contributed by atoms with Crippen LogP contribution in [0.15, 0.2) is 54.6 Å². The van der Waals surface area contributed by atoms with E-state index in [1.807, 2.05) is 30.3 Å². The van der Waals surface area contributed by atoms with Gasteiger partial charge in [-0.15, -0.1) is 11.3 Å². The lowest BCUT2D eigenvalue weighted by molar-refractivity contribution is -0.116. The number of anilines is 1. The molecule has 2 heterocycles. The van der Waals surface area contributed by atoms with Crippen LogP contribution in [0.3, 0.4) is 0 Å². The normalized spacial score (nSPS) is 16.0. The summed E-state index contributed by atoms with van der Waals surface area (Å²) < 4.78 is 13.7. The Bertz CT molecular complexity index is 1010. The molecular formula is C20H14FNO3S. The van der Waals surface area contributed by atoms with E-state index >= 15 is 0 Å². The average Bonchev–Trinajstić information content (AvgIpc) is 3.01. The molecule has 4 rings (SSSR count). The van der Waals surface area contributed by atoms with Crippen molar-refractivity contribution in [3.05, 3.63) is 75.7 Å². The van der Waals surface area contributed by atoms with Crippen molar-refractivity contribution in [2.45, 2.75) is 12.3 Å². The molecule has 1 aromatic heterocycles. The van der Waals surface area contributed by atoms with Gasteiger partial charge in [0.25, 0.3) is 0 Å². The molecule has 2 aromatic carbocycles. The fourth-order valence-electron chi connectivity index (χ4n) is 3.31. The Morgan fingerprint density at radius 3 is 2.62 bits per heavy atom. The molecule has 1 aliphatic heterocycles. The number of nitrogens with one attached hydrogen (secondary N) is 1. The standard InChI is InChI=1S/C20H14FNO3S/c21-13-8-4-7-12(9-13)16-17-18(26-19(16)20(24)25)14(10-15(23)22-17)11-5-2-1-3-6-11/h1-9,14H,10H2,(H,22,23)(H,24,25)/t14-/m0/s1. The smallest absolute Gasteiger partial charge is 0.346 e. The molecular weight excluding hydrogens is 353 g/mol. The minimum absolute atomic E-state index is 0.101. The van der Waals surface area contributed by atoms with E-state index < -0.39 is 11.8 Å². The molecule has 4 nitrogen and oxygen atoms in total. The van der Waals surface area contributed by atoms with E-state index in [-0.39, 0.29) is 23.1 Å². The van der Waals surface area contributed by atoms with E-state index in [4.69, 9.17) is 0 Å². The van der Waals surface area contributed by atoms with Crippen LogP contribution < -0.4 is 5.32 Å². The van der Waals surface area contributed by atoms with E-state index in [1.165, 1.54) is 18.2 Å². The molecule has 6 heteroatoms. The van der Waals surface area contributed by atoms with Crippen molar-refractivity contribution in [2.75, 3.05) is 5.32 Å². The second kappa shape index (κ2) is 6.38. The molecule has 0 saturated heterocycles. The number of hydrogen-bond donors (Lipinski definition) is 2. The van der Waals surface area contributed by atoms with E-state index in [2.05, 4.69) is 5.32 Å².